The van der Waals surface area contributed by atoms with Crippen LogP contribution < -0.4 is 10.1 Å². The van der Waals surface area contributed by atoms with E-state index in [0.29, 0.717) is 44.7 Å². The zero-order valence-electron chi connectivity index (χ0n) is 16.4. The zero-order valence-corrected chi connectivity index (χ0v) is 21.0. The average molecular weight is 565 g/mol. The van der Waals surface area contributed by atoms with Crippen LogP contribution in [-0.2, 0) is 18.3 Å². The molecule has 0 aliphatic rings. The molecule has 0 bridgehead atoms. The van der Waals surface area contributed by atoms with Gasteiger partial charge in [0.2, 0.25) is 5.91 Å². The van der Waals surface area contributed by atoms with Crippen molar-refractivity contribution in [1.29, 1.82) is 0 Å². The van der Waals surface area contributed by atoms with Crippen molar-refractivity contribution in [2.24, 2.45) is 7.05 Å². The van der Waals surface area contributed by atoms with Crippen LogP contribution in [-0.4, -0.2) is 33.0 Å². The van der Waals surface area contributed by atoms with E-state index in [2.05, 4.69) is 31.4 Å². The SMILES string of the molecule is Cn1c(CCCOc2ccc(Cl)cc2Cl)nnc1SCC(=O)Nc1ccc(Br)cc1Cl. The van der Waals surface area contributed by atoms with Crippen LogP contribution in [0.1, 0.15) is 12.2 Å². The van der Waals surface area contributed by atoms with Crippen molar-refractivity contribution in [3.8, 4) is 5.75 Å². The Morgan fingerprint density at radius 2 is 1.97 bits per heavy atom. The van der Waals surface area contributed by atoms with E-state index in [0.717, 1.165) is 16.7 Å². The fourth-order valence-electron chi connectivity index (χ4n) is 2.60. The van der Waals surface area contributed by atoms with Gasteiger partial charge in [-0.05, 0) is 42.8 Å². The maximum Gasteiger partial charge on any atom is 0.234 e. The second kappa shape index (κ2) is 11.4. The van der Waals surface area contributed by atoms with Crippen LogP contribution in [0, 0.1) is 0 Å². The van der Waals surface area contributed by atoms with Crippen molar-refractivity contribution in [3.63, 3.8) is 0 Å². The first-order chi connectivity index (χ1) is 14.8. The van der Waals surface area contributed by atoms with Crippen LogP contribution in [0.4, 0.5) is 5.69 Å². The molecule has 164 valence electrons. The molecule has 1 N–H and O–H groups in total. The largest absolute Gasteiger partial charge is 0.492 e. The number of hydrogen-bond acceptors (Lipinski definition) is 5. The molecule has 0 aliphatic heterocycles. The topological polar surface area (TPSA) is 69.0 Å². The van der Waals surface area contributed by atoms with Gasteiger partial charge in [0.1, 0.15) is 11.6 Å². The van der Waals surface area contributed by atoms with Gasteiger partial charge >= 0.3 is 0 Å². The number of rotatable bonds is 9. The van der Waals surface area contributed by atoms with E-state index in [9.17, 15) is 4.79 Å². The molecule has 3 aromatic rings. The normalized spacial score (nSPS) is 10.9. The molecule has 0 saturated heterocycles. The lowest BCUT2D eigenvalue weighted by molar-refractivity contribution is -0.113. The number of nitrogens with one attached hydrogen (secondary N) is 1. The lowest BCUT2D eigenvalue weighted by atomic mass is 10.3. The van der Waals surface area contributed by atoms with Crippen LogP contribution in [0.3, 0.4) is 0 Å². The summed E-state index contributed by atoms with van der Waals surface area (Å²) in [5.41, 5.74) is 0.565. The number of amides is 1. The van der Waals surface area contributed by atoms with E-state index < -0.39 is 0 Å². The number of hydrogen-bond donors (Lipinski definition) is 1. The molecule has 6 nitrogen and oxygen atoms in total. The van der Waals surface area contributed by atoms with Gasteiger partial charge in [-0.1, -0.05) is 62.5 Å². The number of benzene rings is 2. The van der Waals surface area contributed by atoms with E-state index in [4.69, 9.17) is 39.5 Å². The van der Waals surface area contributed by atoms with Crippen LogP contribution in [0.25, 0.3) is 0 Å². The minimum Gasteiger partial charge on any atom is -0.492 e. The van der Waals surface area contributed by atoms with Gasteiger partial charge in [-0.3, -0.25) is 4.79 Å². The monoisotopic (exact) mass is 562 g/mol. The summed E-state index contributed by atoms with van der Waals surface area (Å²) in [4.78, 5) is 12.2. The van der Waals surface area contributed by atoms with Crippen molar-refractivity contribution in [1.82, 2.24) is 14.8 Å². The Bertz CT molecular complexity index is 1080. The second-order valence-corrected chi connectivity index (χ2v) is 9.55. The van der Waals surface area contributed by atoms with Crippen molar-refractivity contribution < 1.29 is 9.53 Å². The number of thioether (sulfide) groups is 1. The number of aromatic nitrogens is 3. The summed E-state index contributed by atoms with van der Waals surface area (Å²) in [6, 6.07) is 10.4. The molecule has 31 heavy (non-hydrogen) atoms. The fraction of sp³-hybridized carbons (Fsp3) is 0.250. The molecule has 1 aromatic heterocycles. The number of halogens is 4. The summed E-state index contributed by atoms with van der Waals surface area (Å²) in [6.45, 7) is 0.479. The summed E-state index contributed by atoms with van der Waals surface area (Å²) in [6.07, 6.45) is 1.41. The highest BCUT2D eigenvalue weighted by Gasteiger charge is 2.13. The molecule has 0 atom stereocenters. The van der Waals surface area contributed by atoms with Gasteiger partial charge < -0.3 is 14.6 Å². The third-order valence-corrected chi connectivity index (χ3v) is 6.52. The highest BCUT2D eigenvalue weighted by Crippen LogP contribution is 2.28. The zero-order chi connectivity index (χ0) is 22.4. The van der Waals surface area contributed by atoms with Crippen LogP contribution in [0.15, 0.2) is 46.0 Å². The molecule has 11 heteroatoms. The Morgan fingerprint density at radius 1 is 1.16 bits per heavy atom. The average Bonchev–Trinajstić information content (AvgIpc) is 3.07. The van der Waals surface area contributed by atoms with Crippen LogP contribution in [0.5, 0.6) is 5.75 Å². The number of anilines is 1. The summed E-state index contributed by atoms with van der Waals surface area (Å²) in [5, 5.41) is 13.3. The van der Waals surface area contributed by atoms with Crippen molar-refractivity contribution in [3.05, 3.63) is 61.8 Å². The highest BCUT2D eigenvalue weighted by molar-refractivity contribution is 9.10. The van der Waals surface area contributed by atoms with Crippen molar-refractivity contribution in [2.45, 2.75) is 18.0 Å². The molecule has 0 spiro atoms. The van der Waals surface area contributed by atoms with Crippen molar-refractivity contribution in [2.75, 3.05) is 17.7 Å². The first-order valence-electron chi connectivity index (χ1n) is 9.17. The third-order valence-electron chi connectivity index (χ3n) is 4.16. The number of carbonyl (C=O) groups is 1. The van der Waals surface area contributed by atoms with Gasteiger partial charge in [0.15, 0.2) is 5.16 Å². The lowest BCUT2D eigenvalue weighted by Crippen LogP contribution is -2.14. The van der Waals surface area contributed by atoms with E-state index in [1.165, 1.54) is 11.8 Å². The molecular weight excluding hydrogens is 547 g/mol. The lowest BCUT2D eigenvalue weighted by Gasteiger charge is -2.08. The molecule has 0 radical (unpaired) electrons. The molecule has 0 aliphatic carbocycles. The third kappa shape index (κ3) is 7.02. The standard InChI is InChI=1S/C20H18BrCl3N4O2S/c1-28-18(3-2-8-30-17-7-5-13(22)10-15(17)24)26-27-20(28)31-11-19(29)25-16-6-4-12(21)9-14(16)23/h4-7,9-10H,2-3,8,11H2,1H3,(H,25,29). The number of nitrogens with zero attached hydrogens (tertiary/aromatic N) is 3. The minimum atomic E-state index is -0.174. The van der Waals surface area contributed by atoms with Gasteiger partial charge in [-0.2, -0.15) is 0 Å². The Hall–Kier alpha value is -1.45. The maximum atomic E-state index is 12.2. The molecule has 0 fully saturated rings. The molecule has 1 amide bonds. The quantitative estimate of drug-likeness (QED) is 0.245. The van der Waals surface area contributed by atoms with E-state index >= 15 is 0 Å². The van der Waals surface area contributed by atoms with Gasteiger partial charge in [-0.15, -0.1) is 10.2 Å². The van der Waals surface area contributed by atoms with E-state index in [1.54, 1.807) is 30.3 Å². The Labute approximate surface area is 207 Å². The number of aryl methyl sites for hydroxylation is 1. The molecular formula is C20H18BrCl3N4O2S. The molecule has 0 unspecified atom stereocenters. The maximum absolute atomic E-state index is 12.2. The van der Waals surface area contributed by atoms with Gasteiger partial charge in [0.25, 0.3) is 0 Å². The van der Waals surface area contributed by atoms with E-state index in [-0.39, 0.29) is 11.7 Å². The first kappa shape index (κ1) is 24.2. The summed E-state index contributed by atoms with van der Waals surface area (Å²) < 4.78 is 8.41. The van der Waals surface area contributed by atoms with Crippen LogP contribution >= 0.6 is 62.5 Å². The number of carbonyl (C=O) groups excluding carboxylic acids is 1. The van der Waals surface area contributed by atoms with Gasteiger partial charge in [0, 0.05) is 23.0 Å². The van der Waals surface area contributed by atoms with Crippen LogP contribution in [0.2, 0.25) is 15.1 Å². The molecule has 1 heterocycles. The molecule has 3 rings (SSSR count). The van der Waals surface area contributed by atoms with Gasteiger partial charge in [0.05, 0.1) is 28.1 Å². The minimum absolute atomic E-state index is 0.174. The Kier molecular flexibility index (Phi) is 8.92. The molecule has 2 aromatic carbocycles. The van der Waals surface area contributed by atoms with E-state index in [1.807, 2.05) is 17.7 Å². The summed E-state index contributed by atoms with van der Waals surface area (Å²) >= 11 is 22.8. The second-order valence-electron chi connectivity index (χ2n) is 6.45. The fourth-order valence-corrected chi connectivity index (χ4v) is 4.51. The summed E-state index contributed by atoms with van der Waals surface area (Å²) in [5.74, 6) is 1.42. The number of ether oxygens (including phenoxy) is 1. The highest BCUT2D eigenvalue weighted by atomic mass is 79.9. The van der Waals surface area contributed by atoms with Crippen molar-refractivity contribution >= 4 is 74.1 Å². The smallest absolute Gasteiger partial charge is 0.234 e. The Balaban J connectivity index is 1.45. The summed E-state index contributed by atoms with van der Waals surface area (Å²) in [7, 11) is 1.87. The Morgan fingerprint density at radius 3 is 2.71 bits per heavy atom. The molecule has 0 saturated carbocycles. The predicted molar refractivity (Wildman–Crippen MR) is 130 cm³/mol. The first-order valence-corrected chi connectivity index (χ1v) is 12.1. The predicted octanol–water partition coefficient (Wildman–Crippen LogP) is 6.28. The van der Waals surface area contributed by atoms with Gasteiger partial charge in [-0.25, -0.2) is 0 Å².